The molecule has 84 valence electrons. The van der Waals surface area contributed by atoms with Gasteiger partial charge >= 0.3 is 5.97 Å². The molecule has 0 saturated heterocycles. The molecule has 0 aliphatic carbocycles. The molecule has 0 bridgehead atoms. The van der Waals surface area contributed by atoms with E-state index in [-0.39, 0.29) is 12.2 Å². The van der Waals surface area contributed by atoms with Gasteiger partial charge in [-0.15, -0.1) is 0 Å². The Balaban J connectivity index is 2.99. The first-order valence-electron chi connectivity index (χ1n) is 5.00. The molecule has 0 aliphatic heterocycles. The molecule has 1 aromatic rings. The molecule has 0 aromatic heterocycles. The highest BCUT2D eigenvalue weighted by Gasteiger charge is 2.04. The first kappa shape index (κ1) is 12.5. The Kier molecular flexibility index (Phi) is 4.47. The predicted octanol–water partition coefficient (Wildman–Crippen LogP) is 2.03. The summed E-state index contributed by atoms with van der Waals surface area (Å²) in [6.45, 7) is 1.96. The van der Waals surface area contributed by atoms with Gasteiger partial charge in [-0.1, -0.05) is 12.1 Å². The molecule has 1 rings (SSSR count). The van der Waals surface area contributed by atoms with E-state index >= 15 is 0 Å². The van der Waals surface area contributed by atoms with Gasteiger partial charge in [-0.25, -0.2) is 4.79 Å². The maximum atomic E-state index is 11.2. The Morgan fingerprint density at radius 2 is 2.00 bits per heavy atom. The summed E-state index contributed by atoms with van der Waals surface area (Å²) in [5.74, 6) is -0.548. The Hall–Kier alpha value is -2.59. The number of ether oxygens (including phenoxy) is 1. The number of allylic oxidation sites excluding steroid dienone is 1. The van der Waals surface area contributed by atoms with Gasteiger partial charge in [0.1, 0.15) is 6.07 Å². The first-order chi connectivity index (χ1) is 8.21. The average molecular weight is 226 g/mol. The van der Waals surface area contributed by atoms with Crippen LogP contribution < -0.4 is 0 Å². The van der Waals surface area contributed by atoms with E-state index in [9.17, 15) is 4.79 Å². The molecular formula is C13H10N2O2. The van der Waals surface area contributed by atoms with Gasteiger partial charge < -0.3 is 4.74 Å². The Morgan fingerprint density at radius 1 is 1.35 bits per heavy atom. The number of carbonyl (C=O) groups is 1. The van der Waals surface area contributed by atoms with Crippen LogP contribution in [0.1, 0.15) is 18.1 Å². The smallest absolute Gasteiger partial charge is 0.332 e. The summed E-state index contributed by atoms with van der Waals surface area (Å²) >= 11 is 0. The van der Waals surface area contributed by atoms with Crippen LogP contribution in [-0.4, -0.2) is 12.6 Å². The van der Waals surface area contributed by atoms with Crippen molar-refractivity contribution < 1.29 is 9.53 Å². The van der Waals surface area contributed by atoms with E-state index in [1.54, 1.807) is 31.2 Å². The Labute approximate surface area is 99.4 Å². The molecule has 4 nitrogen and oxygen atoms in total. The fourth-order valence-electron chi connectivity index (χ4n) is 1.21. The van der Waals surface area contributed by atoms with E-state index in [0.29, 0.717) is 11.1 Å². The number of rotatable bonds is 3. The average Bonchev–Trinajstić information content (AvgIpc) is 2.36. The summed E-state index contributed by atoms with van der Waals surface area (Å²) in [5.41, 5.74) is 1.30. The molecule has 0 aliphatic rings. The number of nitriles is 2. The van der Waals surface area contributed by atoms with Crippen molar-refractivity contribution in [2.45, 2.75) is 6.92 Å². The molecule has 0 N–H and O–H groups in total. The summed E-state index contributed by atoms with van der Waals surface area (Å²) < 4.78 is 4.72. The third kappa shape index (κ3) is 3.48. The Bertz CT molecular complexity index is 516. The lowest BCUT2D eigenvalue weighted by Crippen LogP contribution is -2.00. The second-order valence-electron chi connectivity index (χ2n) is 3.11. The van der Waals surface area contributed by atoms with Gasteiger partial charge in [0.2, 0.25) is 0 Å². The second kappa shape index (κ2) is 6.09. The van der Waals surface area contributed by atoms with Crippen LogP contribution in [0.15, 0.2) is 30.3 Å². The zero-order valence-corrected chi connectivity index (χ0v) is 9.30. The first-order valence-corrected chi connectivity index (χ1v) is 5.00. The van der Waals surface area contributed by atoms with E-state index < -0.39 is 5.97 Å². The predicted molar refractivity (Wildman–Crippen MR) is 61.4 cm³/mol. The van der Waals surface area contributed by atoms with E-state index in [1.807, 2.05) is 12.1 Å². The number of hydrogen-bond donors (Lipinski definition) is 0. The molecule has 0 radical (unpaired) electrons. The quantitative estimate of drug-likeness (QED) is 0.449. The molecule has 0 amide bonds. The number of esters is 1. The van der Waals surface area contributed by atoms with Gasteiger partial charge in [0.25, 0.3) is 0 Å². The minimum Gasteiger partial charge on any atom is -0.463 e. The van der Waals surface area contributed by atoms with E-state index in [0.717, 1.165) is 6.08 Å². The SMILES string of the molecule is CCOC(=O)/C=C(/C#N)c1ccc(C#N)cc1. The van der Waals surface area contributed by atoms with Crippen LogP contribution in [0.5, 0.6) is 0 Å². The number of carbonyl (C=O) groups excluding carboxylic acids is 1. The molecule has 0 fully saturated rings. The lowest BCUT2D eigenvalue weighted by Gasteiger charge is -1.99. The van der Waals surface area contributed by atoms with Crippen LogP contribution in [-0.2, 0) is 9.53 Å². The maximum absolute atomic E-state index is 11.2. The highest BCUT2D eigenvalue weighted by Crippen LogP contribution is 2.14. The van der Waals surface area contributed by atoms with Crippen LogP contribution in [0, 0.1) is 22.7 Å². The minimum absolute atomic E-state index is 0.216. The van der Waals surface area contributed by atoms with Crippen molar-refractivity contribution in [3.8, 4) is 12.1 Å². The summed E-state index contributed by atoms with van der Waals surface area (Å²) in [7, 11) is 0. The summed E-state index contributed by atoms with van der Waals surface area (Å²) in [6.07, 6.45) is 1.14. The molecule has 0 atom stereocenters. The third-order valence-electron chi connectivity index (χ3n) is 1.99. The molecule has 0 unspecified atom stereocenters. The number of hydrogen-bond acceptors (Lipinski definition) is 4. The third-order valence-corrected chi connectivity index (χ3v) is 1.99. The van der Waals surface area contributed by atoms with Crippen LogP contribution >= 0.6 is 0 Å². The van der Waals surface area contributed by atoms with Crippen molar-refractivity contribution in [1.82, 2.24) is 0 Å². The molecule has 4 heteroatoms. The molecular weight excluding hydrogens is 216 g/mol. The van der Waals surface area contributed by atoms with Gasteiger partial charge in [0, 0.05) is 6.08 Å². The van der Waals surface area contributed by atoms with Gasteiger partial charge in [-0.3, -0.25) is 0 Å². The number of benzene rings is 1. The van der Waals surface area contributed by atoms with Crippen LogP contribution in [0.2, 0.25) is 0 Å². The maximum Gasteiger partial charge on any atom is 0.332 e. The van der Waals surface area contributed by atoms with Crippen molar-refractivity contribution >= 4 is 11.5 Å². The van der Waals surface area contributed by atoms with Crippen molar-refractivity contribution in [2.75, 3.05) is 6.61 Å². The van der Waals surface area contributed by atoms with Crippen LogP contribution in [0.3, 0.4) is 0 Å². The van der Waals surface area contributed by atoms with Crippen molar-refractivity contribution in [3.63, 3.8) is 0 Å². The topological polar surface area (TPSA) is 73.9 Å². The highest BCUT2D eigenvalue weighted by molar-refractivity contribution is 5.95. The Morgan fingerprint density at radius 3 is 2.47 bits per heavy atom. The van der Waals surface area contributed by atoms with Crippen molar-refractivity contribution in [1.29, 1.82) is 10.5 Å². The summed E-state index contributed by atoms with van der Waals surface area (Å²) in [5, 5.41) is 17.6. The van der Waals surface area contributed by atoms with Gasteiger partial charge in [0.05, 0.1) is 23.8 Å². The molecule has 0 spiro atoms. The highest BCUT2D eigenvalue weighted by atomic mass is 16.5. The molecule has 17 heavy (non-hydrogen) atoms. The van der Waals surface area contributed by atoms with Crippen molar-refractivity contribution in [3.05, 3.63) is 41.5 Å². The zero-order chi connectivity index (χ0) is 12.7. The second-order valence-corrected chi connectivity index (χ2v) is 3.11. The van der Waals surface area contributed by atoms with Crippen LogP contribution in [0.4, 0.5) is 0 Å². The molecule has 0 saturated carbocycles. The van der Waals surface area contributed by atoms with E-state index in [2.05, 4.69) is 0 Å². The fraction of sp³-hybridized carbons (Fsp3) is 0.154. The molecule has 0 heterocycles. The molecule has 1 aromatic carbocycles. The van der Waals surface area contributed by atoms with Crippen LogP contribution in [0.25, 0.3) is 5.57 Å². The minimum atomic E-state index is -0.548. The lowest BCUT2D eigenvalue weighted by atomic mass is 10.1. The van der Waals surface area contributed by atoms with E-state index in [1.165, 1.54) is 0 Å². The van der Waals surface area contributed by atoms with Gasteiger partial charge in [-0.2, -0.15) is 10.5 Å². The largest absolute Gasteiger partial charge is 0.463 e. The van der Waals surface area contributed by atoms with Gasteiger partial charge in [-0.05, 0) is 24.6 Å². The van der Waals surface area contributed by atoms with E-state index in [4.69, 9.17) is 15.3 Å². The van der Waals surface area contributed by atoms with Gasteiger partial charge in [0.15, 0.2) is 0 Å². The monoisotopic (exact) mass is 226 g/mol. The fourth-order valence-corrected chi connectivity index (χ4v) is 1.21. The zero-order valence-electron chi connectivity index (χ0n) is 9.30. The normalized spacial score (nSPS) is 10.2. The summed E-state index contributed by atoms with van der Waals surface area (Å²) in [6, 6.07) is 10.3. The lowest BCUT2D eigenvalue weighted by molar-refractivity contribution is -0.137. The standard InChI is InChI=1S/C13H10N2O2/c1-2-17-13(16)7-12(9-15)11-5-3-10(8-14)4-6-11/h3-7H,2H2,1H3/b12-7-. The number of nitrogens with zero attached hydrogens (tertiary/aromatic N) is 2. The summed E-state index contributed by atoms with van der Waals surface area (Å²) in [4.78, 5) is 11.2. The van der Waals surface area contributed by atoms with Crippen molar-refractivity contribution in [2.24, 2.45) is 0 Å².